The van der Waals surface area contributed by atoms with Crippen LogP contribution in [-0.4, -0.2) is 29.4 Å². The molecule has 0 spiro atoms. The number of benzene rings is 1. The number of non-ortho nitro benzene ring substituents is 1. The summed E-state index contributed by atoms with van der Waals surface area (Å²) in [5, 5.41) is 14.0. The van der Waals surface area contributed by atoms with Crippen LogP contribution in [0.3, 0.4) is 0 Å². The molecule has 8 heteroatoms. The first-order valence-electron chi connectivity index (χ1n) is 7.85. The largest absolute Gasteiger partial charge is 0.467 e. The molecule has 1 N–H and O–H groups in total. The number of rotatable bonds is 7. The van der Waals surface area contributed by atoms with Crippen LogP contribution < -0.4 is 5.32 Å². The Kier molecular flexibility index (Phi) is 8.96. The molecule has 0 aliphatic carbocycles. The number of guanidine groups is 1. The summed E-state index contributed by atoms with van der Waals surface area (Å²) in [5.41, 5.74) is 1.00. The maximum absolute atomic E-state index is 10.7. The molecular formula is C17H23IN4O3. The van der Waals surface area contributed by atoms with Crippen molar-refractivity contribution in [2.45, 2.75) is 26.4 Å². The highest BCUT2D eigenvalue weighted by atomic mass is 127. The zero-order valence-electron chi connectivity index (χ0n) is 14.3. The van der Waals surface area contributed by atoms with Gasteiger partial charge in [0.25, 0.3) is 5.69 Å². The molecular weight excluding hydrogens is 435 g/mol. The minimum absolute atomic E-state index is 0. The Labute approximate surface area is 164 Å². The molecule has 0 saturated heterocycles. The number of nitro benzene ring substituents is 1. The number of furan rings is 1. The molecule has 0 bridgehead atoms. The van der Waals surface area contributed by atoms with E-state index in [2.05, 4.69) is 17.2 Å². The molecule has 0 aliphatic rings. The Morgan fingerprint density at radius 3 is 2.60 bits per heavy atom. The smallest absolute Gasteiger partial charge is 0.269 e. The van der Waals surface area contributed by atoms with Crippen molar-refractivity contribution in [3.63, 3.8) is 0 Å². The Morgan fingerprint density at radius 2 is 2.04 bits per heavy atom. The topological polar surface area (TPSA) is 83.9 Å². The highest BCUT2D eigenvalue weighted by Gasteiger charge is 2.09. The van der Waals surface area contributed by atoms with Gasteiger partial charge in [0.15, 0.2) is 5.96 Å². The second kappa shape index (κ2) is 10.7. The molecule has 2 aromatic rings. The average molecular weight is 458 g/mol. The van der Waals surface area contributed by atoms with E-state index in [0.29, 0.717) is 13.1 Å². The number of nitrogens with zero attached hydrogens (tertiary/aromatic N) is 3. The number of halogens is 1. The van der Waals surface area contributed by atoms with E-state index in [0.717, 1.165) is 30.2 Å². The molecule has 7 nitrogen and oxygen atoms in total. The van der Waals surface area contributed by atoms with Crippen LogP contribution in [0.15, 0.2) is 52.1 Å². The normalized spacial score (nSPS) is 10.9. The highest BCUT2D eigenvalue weighted by Crippen LogP contribution is 2.13. The lowest BCUT2D eigenvalue weighted by molar-refractivity contribution is -0.384. The van der Waals surface area contributed by atoms with Crippen LogP contribution in [0.4, 0.5) is 5.69 Å². The minimum Gasteiger partial charge on any atom is -0.467 e. The fourth-order valence-electron chi connectivity index (χ4n) is 2.15. The summed E-state index contributed by atoms with van der Waals surface area (Å²) in [6, 6.07) is 10.2. The van der Waals surface area contributed by atoms with Crippen molar-refractivity contribution in [2.24, 2.45) is 4.99 Å². The van der Waals surface area contributed by atoms with Gasteiger partial charge in [0.05, 0.1) is 24.3 Å². The number of hydrogen-bond acceptors (Lipinski definition) is 4. The third kappa shape index (κ3) is 6.73. The van der Waals surface area contributed by atoms with Gasteiger partial charge in [-0.2, -0.15) is 0 Å². The van der Waals surface area contributed by atoms with Crippen LogP contribution in [0.25, 0.3) is 0 Å². The van der Waals surface area contributed by atoms with Crippen LogP contribution in [0.2, 0.25) is 0 Å². The molecule has 25 heavy (non-hydrogen) atoms. The van der Waals surface area contributed by atoms with Crippen LogP contribution in [-0.2, 0) is 13.1 Å². The standard InChI is InChI=1S/C17H22N4O3.HI/c1-3-10-18-17(20(2)13-16-5-4-11-24-16)19-12-14-6-8-15(9-7-14)21(22)23;/h4-9,11H,3,10,12-13H2,1-2H3,(H,18,19);1H. The van der Waals surface area contributed by atoms with Gasteiger partial charge in [0.1, 0.15) is 5.76 Å². The molecule has 0 atom stereocenters. The van der Waals surface area contributed by atoms with E-state index in [9.17, 15) is 10.1 Å². The van der Waals surface area contributed by atoms with E-state index in [1.165, 1.54) is 12.1 Å². The molecule has 1 aromatic carbocycles. The Bertz CT molecular complexity index is 672. The highest BCUT2D eigenvalue weighted by molar-refractivity contribution is 14.0. The third-order valence-corrected chi connectivity index (χ3v) is 3.43. The van der Waals surface area contributed by atoms with Crippen LogP contribution in [0.1, 0.15) is 24.7 Å². The quantitative estimate of drug-likeness (QED) is 0.225. The minimum atomic E-state index is -0.404. The van der Waals surface area contributed by atoms with Crippen molar-refractivity contribution in [3.8, 4) is 0 Å². The van der Waals surface area contributed by atoms with Crippen molar-refractivity contribution in [2.75, 3.05) is 13.6 Å². The summed E-state index contributed by atoms with van der Waals surface area (Å²) in [7, 11) is 1.94. The maximum atomic E-state index is 10.7. The summed E-state index contributed by atoms with van der Waals surface area (Å²) < 4.78 is 5.37. The number of nitrogens with one attached hydrogen (secondary N) is 1. The summed E-state index contributed by atoms with van der Waals surface area (Å²) in [5.74, 6) is 1.63. The molecule has 0 saturated carbocycles. The predicted molar refractivity (Wildman–Crippen MR) is 108 cm³/mol. The lowest BCUT2D eigenvalue weighted by Gasteiger charge is -2.21. The molecule has 0 unspecified atom stereocenters. The summed E-state index contributed by atoms with van der Waals surface area (Å²) >= 11 is 0. The number of aliphatic imine (C=N–C) groups is 1. The van der Waals surface area contributed by atoms with Crippen molar-refractivity contribution in [3.05, 3.63) is 64.1 Å². The molecule has 1 aromatic heterocycles. The maximum Gasteiger partial charge on any atom is 0.269 e. The van der Waals surface area contributed by atoms with Crippen LogP contribution >= 0.6 is 24.0 Å². The summed E-state index contributed by atoms with van der Waals surface area (Å²) in [6.45, 7) is 3.98. The second-order valence-corrected chi connectivity index (χ2v) is 5.43. The van der Waals surface area contributed by atoms with E-state index < -0.39 is 4.92 Å². The molecule has 0 aliphatic heterocycles. The molecule has 0 radical (unpaired) electrons. The molecule has 2 rings (SSSR count). The first-order chi connectivity index (χ1) is 11.6. The van der Waals surface area contributed by atoms with Gasteiger partial charge in [0.2, 0.25) is 0 Å². The van der Waals surface area contributed by atoms with Gasteiger partial charge in [-0.3, -0.25) is 10.1 Å². The van der Waals surface area contributed by atoms with Gasteiger partial charge in [-0.05, 0) is 24.1 Å². The lowest BCUT2D eigenvalue weighted by atomic mass is 10.2. The Morgan fingerprint density at radius 1 is 1.32 bits per heavy atom. The van der Waals surface area contributed by atoms with Crippen molar-refractivity contribution >= 4 is 35.6 Å². The first kappa shape index (κ1) is 20.9. The predicted octanol–water partition coefficient (Wildman–Crippen LogP) is 3.79. The van der Waals surface area contributed by atoms with Crippen molar-refractivity contribution in [1.29, 1.82) is 0 Å². The van der Waals surface area contributed by atoms with Gasteiger partial charge in [0, 0.05) is 25.7 Å². The Hall–Kier alpha value is -2.10. The summed E-state index contributed by atoms with van der Waals surface area (Å²) in [4.78, 5) is 16.9. The molecule has 136 valence electrons. The van der Waals surface area contributed by atoms with E-state index in [1.807, 2.05) is 24.1 Å². The van der Waals surface area contributed by atoms with E-state index >= 15 is 0 Å². The molecule has 1 heterocycles. The zero-order valence-corrected chi connectivity index (χ0v) is 16.7. The fourth-order valence-corrected chi connectivity index (χ4v) is 2.15. The van der Waals surface area contributed by atoms with Crippen LogP contribution in [0.5, 0.6) is 0 Å². The first-order valence-corrected chi connectivity index (χ1v) is 7.85. The Balaban J connectivity index is 0.00000312. The van der Waals surface area contributed by atoms with E-state index in [-0.39, 0.29) is 29.7 Å². The number of hydrogen-bond donors (Lipinski definition) is 1. The molecule has 0 fully saturated rings. The SMILES string of the molecule is CCCNC(=NCc1ccc([N+](=O)[O-])cc1)N(C)Cc1ccco1.I. The fraction of sp³-hybridized carbons (Fsp3) is 0.353. The summed E-state index contributed by atoms with van der Waals surface area (Å²) in [6.07, 6.45) is 2.64. The second-order valence-electron chi connectivity index (χ2n) is 5.43. The van der Waals surface area contributed by atoms with E-state index in [1.54, 1.807) is 18.4 Å². The van der Waals surface area contributed by atoms with Gasteiger partial charge >= 0.3 is 0 Å². The van der Waals surface area contributed by atoms with Gasteiger partial charge in [-0.1, -0.05) is 19.1 Å². The van der Waals surface area contributed by atoms with Gasteiger partial charge in [-0.25, -0.2) is 4.99 Å². The van der Waals surface area contributed by atoms with Gasteiger partial charge in [-0.15, -0.1) is 24.0 Å². The van der Waals surface area contributed by atoms with Crippen molar-refractivity contribution in [1.82, 2.24) is 10.2 Å². The zero-order chi connectivity index (χ0) is 17.4. The lowest BCUT2D eigenvalue weighted by Crippen LogP contribution is -2.38. The van der Waals surface area contributed by atoms with E-state index in [4.69, 9.17) is 4.42 Å². The monoisotopic (exact) mass is 458 g/mol. The molecule has 0 amide bonds. The van der Waals surface area contributed by atoms with Gasteiger partial charge < -0.3 is 14.6 Å². The number of nitro groups is 1. The third-order valence-electron chi connectivity index (χ3n) is 3.43. The van der Waals surface area contributed by atoms with Crippen molar-refractivity contribution < 1.29 is 9.34 Å². The van der Waals surface area contributed by atoms with Crippen LogP contribution in [0, 0.1) is 10.1 Å². The average Bonchev–Trinajstić information content (AvgIpc) is 3.08.